The van der Waals surface area contributed by atoms with Gasteiger partial charge in [0.15, 0.2) is 9.84 Å². The van der Waals surface area contributed by atoms with E-state index in [2.05, 4.69) is 5.32 Å². The highest BCUT2D eigenvalue weighted by Gasteiger charge is 2.16. The molecule has 7 heteroatoms. The Bertz CT molecular complexity index is 905. The molecule has 2 aromatic carbocycles. The van der Waals surface area contributed by atoms with E-state index in [9.17, 15) is 18.0 Å². The van der Waals surface area contributed by atoms with Gasteiger partial charge in [-0.25, -0.2) is 8.42 Å². The number of hydrogen-bond donors (Lipinski definition) is 1. The van der Waals surface area contributed by atoms with Gasteiger partial charge in [-0.05, 0) is 42.3 Å². The number of hydrogen-bond acceptors (Lipinski definition) is 4. The van der Waals surface area contributed by atoms with Crippen molar-refractivity contribution in [3.05, 3.63) is 59.7 Å². The number of nitrogens with one attached hydrogen (secondary N) is 1. The highest BCUT2D eigenvalue weighted by atomic mass is 32.2. The van der Waals surface area contributed by atoms with Crippen LogP contribution in [-0.2, 0) is 21.1 Å². The lowest BCUT2D eigenvalue weighted by molar-refractivity contribution is -0.116. The lowest BCUT2D eigenvalue weighted by Gasteiger charge is -2.18. The van der Waals surface area contributed by atoms with Crippen molar-refractivity contribution in [3.63, 3.8) is 0 Å². The molecule has 0 atom stereocenters. The number of sulfone groups is 1. The summed E-state index contributed by atoms with van der Waals surface area (Å²) < 4.78 is 22.9. The topological polar surface area (TPSA) is 83.6 Å². The Labute approximate surface area is 153 Å². The monoisotopic (exact) mass is 374 g/mol. The third-order valence-corrected chi connectivity index (χ3v) is 5.06. The molecule has 26 heavy (non-hydrogen) atoms. The molecule has 0 radical (unpaired) electrons. The molecule has 0 spiro atoms. The second-order valence-electron chi connectivity index (χ2n) is 6.02. The highest BCUT2D eigenvalue weighted by Crippen LogP contribution is 2.16. The highest BCUT2D eigenvalue weighted by molar-refractivity contribution is 7.90. The molecule has 0 aliphatic heterocycles. The van der Waals surface area contributed by atoms with Crippen molar-refractivity contribution in [2.45, 2.75) is 18.2 Å². The van der Waals surface area contributed by atoms with Crippen LogP contribution in [0.2, 0.25) is 0 Å². The summed E-state index contributed by atoms with van der Waals surface area (Å²) in [6.45, 7) is 1.89. The number of anilines is 1. The summed E-state index contributed by atoms with van der Waals surface area (Å²) >= 11 is 0. The van der Waals surface area contributed by atoms with Crippen LogP contribution in [-0.4, -0.2) is 45.0 Å². The molecule has 0 aliphatic carbocycles. The van der Waals surface area contributed by atoms with E-state index in [-0.39, 0.29) is 23.3 Å². The first-order valence-electron chi connectivity index (χ1n) is 8.15. The van der Waals surface area contributed by atoms with Crippen LogP contribution in [0.5, 0.6) is 0 Å². The van der Waals surface area contributed by atoms with Gasteiger partial charge in [0, 0.05) is 24.6 Å². The van der Waals surface area contributed by atoms with Gasteiger partial charge in [-0.15, -0.1) is 0 Å². The molecule has 2 amide bonds. The van der Waals surface area contributed by atoms with Crippen molar-refractivity contribution in [1.29, 1.82) is 0 Å². The first-order chi connectivity index (χ1) is 12.2. The molecule has 0 heterocycles. The molecule has 0 aromatic heterocycles. The zero-order valence-electron chi connectivity index (χ0n) is 15.0. The largest absolute Gasteiger partial charge is 0.332 e. The van der Waals surface area contributed by atoms with Crippen LogP contribution in [0.4, 0.5) is 5.69 Å². The summed E-state index contributed by atoms with van der Waals surface area (Å²) in [6.07, 6.45) is 1.90. The number of rotatable bonds is 6. The number of aryl methyl sites for hydroxylation is 1. The predicted octanol–water partition coefficient (Wildman–Crippen LogP) is 2.36. The molecule has 0 saturated heterocycles. The van der Waals surface area contributed by atoms with E-state index in [1.807, 2.05) is 31.2 Å². The molecule has 0 aliphatic rings. The second kappa shape index (κ2) is 8.14. The Hall–Kier alpha value is -2.67. The number of carbonyl (C=O) groups is 2. The lowest BCUT2D eigenvalue weighted by atomic mass is 10.1. The van der Waals surface area contributed by atoms with Crippen LogP contribution in [0.1, 0.15) is 22.8 Å². The Morgan fingerprint density at radius 1 is 1.04 bits per heavy atom. The summed E-state index contributed by atoms with van der Waals surface area (Å²) in [5.74, 6) is -0.654. The van der Waals surface area contributed by atoms with E-state index in [0.29, 0.717) is 5.56 Å². The van der Waals surface area contributed by atoms with Crippen molar-refractivity contribution >= 4 is 27.3 Å². The van der Waals surface area contributed by atoms with E-state index in [0.717, 1.165) is 23.9 Å². The maximum absolute atomic E-state index is 12.4. The number of para-hydroxylation sites is 1. The van der Waals surface area contributed by atoms with E-state index >= 15 is 0 Å². The Balaban J connectivity index is 2.03. The van der Waals surface area contributed by atoms with Gasteiger partial charge in [0.25, 0.3) is 5.91 Å². The average Bonchev–Trinajstić information content (AvgIpc) is 2.60. The normalized spacial score (nSPS) is 11.0. The van der Waals surface area contributed by atoms with Gasteiger partial charge in [0.2, 0.25) is 5.91 Å². The maximum Gasteiger partial charge on any atom is 0.254 e. The van der Waals surface area contributed by atoms with Crippen LogP contribution >= 0.6 is 0 Å². The average molecular weight is 374 g/mol. The van der Waals surface area contributed by atoms with Gasteiger partial charge in [-0.2, -0.15) is 0 Å². The fourth-order valence-electron chi connectivity index (χ4n) is 2.49. The fourth-order valence-corrected chi connectivity index (χ4v) is 3.12. The summed E-state index contributed by atoms with van der Waals surface area (Å²) in [7, 11) is -1.79. The van der Waals surface area contributed by atoms with Crippen molar-refractivity contribution < 1.29 is 18.0 Å². The summed E-state index contributed by atoms with van der Waals surface area (Å²) in [5.41, 5.74) is 2.08. The molecule has 1 N–H and O–H groups in total. The van der Waals surface area contributed by atoms with Crippen LogP contribution in [0.3, 0.4) is 0 Å². The number of likely N-dealkylation sites (N-methyl/N-ethyl adjacent to an activating group) is 1. The SMILES string of the molecule is CCc1ccccc1NC(=O)CN(C)C(=O)c1ccc(S(C)(=O)=O)cc1. The van der Waals surface area contributed by atoms with Crippen LogP contribution in [0, 0.1) is 0 Å². The minimum absolute atomic E-state index is 0.106. The van der Waals surface area contributed by atoms with Gasteiger partial charge < -0.3 is 10.2 Å². The second-order valence-corrected chi connectivity index (χ2v) is 8.03. The van der Waals surface area contributed by atoms with Gasteiger partial charge in [-0.3, -0.25) is 9.59 Å². The number of carbonyl (C=O) groups excluding carboxylic acids is 2. The Morgan fingerprint density at radius 3 is 2.23 bits per heavy atom. The van der Waals surface area contributed by atoms with E-state index < -0.39 is 9.84 Å². The van der Waals surface area contributed by atoms with Crippen molar-refractivity contribution in [2.24, 2.45) is 0 Å². The van der Waals surface area contributed by atoms with Crippen molar-refractivity contribution in [1.82, 2.24) is 4.90 Å². The lowest BCUT2D eigenvalue weighted by Crippen LogP contribution is -2.35. The number of benzene rings is 2. The summed E-state index contributed by atoms with van der Waals surface area (Å²) in [5, 5.41) is 2.82. The van der Waals surface area contributed by atoms with Crippen LogP contribution in [0.25, 0.3) is 0 Å². The third-order valence-electron chi connectivity index (χ3n) is 3.93. The summed E-state index contributed by atoms with van der Waals surface area (Å²) in [6, 6.07) is 13.2. The molecule has 2 rings (SSSR count). The smallest absolute Gasteiger partial charge is 0.254 e. The van der Waals surface area contributed by atoms with E-state index in [4.69, 9.17) is 0 Å². The molecular formula is C19H22N2O4S. The zero-order chi connectivity index (χ0) is 19.3. The minimum Gasteiger partial charge on any atom is -0.332 e. The Kier molecular flexibility index (Phi) is 6.15. The molecule has 0 saturated carbocycles. The molecule has 0 fully saturated rings. The fraction of sp³-hybridized carbons (Fsp3) is 0.263. The quantitative estimate of drug-likeness (QED) is 0.841. The number of nitrogens with zero attached hydrogens (tertiary/aromatic N) is 1. The molecule has 0 unspecified atom stereocenters. The van der Waals surface area contributed by atoms with Crippen molar-refractivity contribution in [3.8, 4) is 0 Å². The van der Waals surface area contributed by atoms with Gasteiger partial charge >= 0.3 is 0 Å². The predicted molar refractivity (Wildman–Crippen MR) is 101 cm³/mol. The van der Waals surface area contributed by atoms with E-state index in [1.165, 1.54) is 36.2 Å². The van der Waals surface area contributed by atoms with Gasteiger partial charge in [0.1, 0.15) is 0 Å². The van der Waals surface area contributed by atoms with Crippen LogP contribution < -0.4 is 5.32 Å². The standard InChI is InChI=1S/C19H22N2O4S/c1-4-14-7-5-6-8-17(14)20-18(22)13-21(2)19(23)15-9-11-16(12-10-15)26(3,24)25/h5-12H,4,13H2,1-3H3,(H,20,22). The molecule has 138 valence electrons. The minimum atomic E-state index is -3.31. The summed E-state index contributed by atoms with van der Waals surface area (Å²) in [4.78, 5) is 26.1. The van der Waals surface area contributed by atoms with Gasteiger partial charge in [0.05, 0.1) is 11.4 Å². The van der Waals surface area contributed by atoms with Crippen LogP contribution in [0.15, 0.2) is 53.4 Å². The zero-order valence-corrected chi connectivity index (χ0v) is 15.8. The molecule has 6 nitrogen and oxygen atoms in total. The number of amides is 2. The first-order valence-corrected chi connectivity index (χ1v) is 10.0. The maximum atomic E-state index is 12.4. The first kappa shape index (κ1) is 19.7. The third kappa shape index (κ3) is 4.92. The van der Waals surface area contributed by atoms with Crippen molar-refractivity contribution in [2.75, 3.05) is 25.2 Å². The molecule has 0 bridgehead atoms. The van der Waals surface area contributed by atoms with E-state index in [1.54, 1.807) is 0 Å². The van der Waals surface area contributed by atoms with Gasteiger partial charge in [-0.1, -0.05) is 25.1 Å². The Morgan fingerprint density at radius 2 is 1.65 bits per heavy atom. The molecular weight excluding hydrogens is 352 g/mol. The molecule has 2 aromatic rings.